The van der Waals surface area contributed by atoms with E-state index in [0.717, 1.165) is 17.8 Å². The number of nitrogens with zero attached hydrogens (tertiary/aromatic N) is 3. The molecule has 1 aliphatic carbocycles. The van der Waals surface area contributed by atoms with Crippen LogP contribution in [0.4, 0.5) is 0 Å². The molecule has 3 nitrogen and oxygen atoms in total. The lowest BCUT2D eigenvalue weighted by atomic mass is 10.0. The molecule has 1 aliphatic rings. The lowest BCUT2D eigenvalue weighted by Crippen LogP contribution is -1.98. The second kappa shape index (κ2) is 9.72. The van der Waals surface area contributed by atoms with Crippen molar-refractivity contribution in [3.8, 4) is 11.4 Å². The summed E-state index contributed by atoms with van der Waals surface area (Å²) in [5.74, 6) is 0. The Balaban J connectivity index is 1.61. The van der Waals surface area contributed by atoms with Crippen LogP contribution in [0.15, 0.2) is 164 Å². The third-order valence-electron chi connectivity index (χ3n) is 9.59. The Morgan fingerprint density at radius 3 is 1.30 bits per heavy atom. The molecule has 6 aromatic carbocycles. The van der Waals surface area contributed by atoms with E-state index in [0.29, 0.717) is 0 Å². The maximum absolute atomic E-state index is 2.51. The minimum atomic E-state index is 0.923. The molecule has 9 aromatic rings. The monoisotopic (exact) mass is 587 g/mol. The molecule has 0 atom stereocenters. The van der Waals surface area contributed by atoms with Crippen molar-refractivity contribution in [2.24, 2.45) is 0 Å². The van der Waals surface area contributed by atoms with Crippen molar-refractivity contribution in [1.82, 2.24) is 13.7 Å². The van der Waals surface area contributed by atoms with Crippen molar-refractivity contribution in [2.75, 3.05) is 0 Å². The summed E-state index contributed by atoms with van der Waals surface area (Å²) in [6.45, 7) is 0. The number of fused-ring (bicyclic) bond motifs is 12. The Morgan fingerprint density at radius 2 is 0.804 bits per heavy atom. The average Bonchev–Trinajstić information content (AvgIpc) is 3.66. The third kappa shape index (κ3) is 3.37. The molecule has 3 heteroatoms. The highest BCUT2D eigenvalue weighted by Gasteiger charge is 2.28. The SMILES string of the molecule is C1=CCC=CC(n2c3ccccc3c3c2c2c4ccccc4n(-c4ccccc4)c2c2c4ccccc4n(-c4ccccc4)c32)=C1. The normalized spacial score (nSPS) is 13.5. The van der Waals surface area contributed by atoms with E-state index in [9.17, 15) is 0 Å². The fourth-order valence-electron chi connectivity index (χ4n) is 7.82. The largest absolute Gasteiger partial charge is 0.308 e. The summed E-state index contributed by atoms with van der Waals surface area (Å²) >= 11 is 0. The molecule has 3 aromatic heterocycles. The van der Waals surface area contributed by atoms with E-state index in [2.05, 4.69) is 178 Å². The zero-order chi connectivity index (χ0) is 30.2. The first-order chi connectivity index (χ1) is 22.9. The van der Waals surface area contributed by atoms with E-state index in [1.165, 1.54) is 71.1 Å². The summed E-state index contributed by atoms with van der Waals surface area (Å²) in [5, 5.41) is 7.58. The number of aromatic nitrogens is 3. The van der Waals surface area contributed by atoms with E-state index in [1.807, 2.05) is 0 Å². The fourth-order valence-corrected chi connectivity index (χ4v) is 7.82. The number of rotatable bonds is 3. The molecule has 0 radical (unpaired) electrons. The summed E-state index contributed by atoms with van der Waals surface area (Å²) in [5.41, 5.74) is 10.8. The summed E-state index contributed by atoms with van der Waals surface area (Å²) in [4.78, 5) is 0. The Hall–Kier alpha value is -6.06. The summed E-state index contributed by atoms with van der Waals surface area (Å²) < 4.78 is 7.49. The van der Waals surface area contributed by atoms with Crippen LogP contribution >= 0.6 is 0 Å². The minimum absolute atomic E-state index is 0.923. The van der Waals surface area contributed by atoms with Gasteiger partial charge in [0.05, 0.1) is 33.1 Å². The van der Waals surface area contributed by atoms with Crippen molar-refractivity contribution in [3.63, 3.8) is 0 Å². The molecule has 46 heavy (non-hydrogen) atoms. The van der Waals surface area contributed by atoms with Crippen molar-refractivity contribution in [3.05, 3.63) is 164 Å². The first kappa shape index (κ1) is 25.3. The van der Waals surface area contributed by atoms with Gasteiger partial charge in [-0.05, 0) is 61.0 Å². The van der Waals surface area contributed by atoms with Crippen LogP contribution in [0.5, 0.6) is 0 Å². The first-order valence-corrected chi connectivity index (χ1v) is 16.0. The maximum atomic E-state index is 2.51. The predicted octanol–water partition coefficient (Wildman–Crippen LogP) is 11.3. The van der Waals surface area contributed by atoms with E-state index in [-0.39, 0.29) is 0 Å². The standard InChI is InChI=1S/C43H29N3/c1-2-6-18-29(17-5-1)44-35-26-14-11-23-32(35)38-41(44)39-33-24-12-15-27-36(33)45(30-19-7-3-8-20-30)43(39)40-34-25-13-16-28-37(34)46(42(38)40)31-21-9-4-10-22-31/h1,3-28H,2H2. The zero-order valence-electron chi connectivity index (χ0n) is 25.1. The van der Waals surface area contributed by atoms with Gasteiger partial charge in [-0.2, -0.15) is 0 Å². The molecule has 0 spiro atoms. The molecule has 0 unspecified atom stereocenters. The fraction of sp³-hybridized carbons (Fsp3) is 0.0233. The lowest BCUT2D eigenvalue weighted by Gasteiger charge is -2.13. The van der Waals surface area contributed by atoms with Gasteiger partial charge in [-0.3, -0.25) is 0 Å². The van der Waals surface area contributed by atoms with Gasteiger partial charge in [-0.15, -0.1) is 0 Å². The lowest BCUT2D eigenvalue weighted by molar-refractivity contribution is 1.18. The molecule has 0 amide bonds. The number of hydrogen-bond donors (Lipinski definition) is 0. The van der Waals surface area contributed by atoms with Crippen LogP contribution in [-0.2, 0) is 0 Å². The molecular weight excluding hydrogens is 558 g/mol. The Kier molecular flexibility index (Phi) is 5.34. The van der Waals surface area contributed by atoms with Gasteiger partial charge in [0.15, 0.2) is 0 Å². The number of allylic oxidation sites excluding steroid dienone is 6. The topological polar surface area (TPSA) is 14.8 Å². The Labute approximate surface area is 265 Å². The number of para-hydroxylation sites is 5. The maximum Gasteiger partial charge on any atom is 0.0663 e. The molecule has 0 bridgehead atoms. The van der Waals surface area contributed by atoms with Gasteiger partial charge in [-0.25, -0.2) is 0 Å². The number of benzene rings is 6. The molecule has 3 heterocycles. The highest BCUT2D eigenvalue weighted by molar-refractivity contribution is 6.40. The molecule has 10 rings (SSSR count). The molecule has 0 fully saturated rings. The Morgan fingerprint density at radius 1 is 0.391 bits per heavy atom. The quantitative estimate of drug-likeness (QED) is 0.195. The van der Waals surface area contributed by atoms with Crippen LogP contribution in [0.2, 0.25) is 0 Å². The van der Waals surface area contributed by atoms with Gasteiger partial charge in [0.1, 0.15) is 0 Å². The smallest absolute Gasteiger partial charge is 0.0663 e. The third-order valence-corrected chi connectivity index (χ3v) is 9.59. The van der Waals surface area contributed by atoms with Crippen molar-refractivity contribution in [1.29, 1.82) is 0 Å². The van der Waals surface area contributed by atoms with E-state index in [4.69, 9.17) is 0 Å². The van der Waals surface area contributed by atoms with Gasteiger partial charge >= 0.3 is 0 Å². The van der Waals surface area contributed by atoms with E-state index < -0.39 is 0 Å². The second-order valence-electron chi connectivity index (χ2n) is 12.1. The minimum Gasteiger partial charge on any atom is -0.308 e. The first-order valence-electron chi connectivity index (χ1n) is 16.0. The molecule has 0 aliphatic heterocycles. The van der Waals surface area contributed by atoms with Crippen molar-refractivity contribution >= 4 is 71.1 Å². The predicted molar refractivity (Wildman–Crippen MR) is 195 cm³/mol. The molecule has 216 valence electrons. The summed E-state index contributed by atoms with van der Waals surface area (Å²) in [6.07, 6.45) is 12.1. The molecular formula is C43H29N3. The van der Waals surface area contributed by atoms with Gasteiger partial charge in [-0.1, -0.05) is 109 Å². The van der Waals surface area contributed by atoms with Gasteiger partial charge in [0.25, 0.3) is 0 Å². The molecule has 0 saturated carbocycles. The molecule has 0 saturated heterocycles. The second-order valence-corrected chi connectivity index (χ2v) is 12.1. The van der Waals surface area contributed by atoms with Crippen molar-refractivity contribution in [2.45, 2.75) is 6.42 Å². The van der Waals surface area contributed by atoms with Gasteiger partial charge in [0, 0.05) is 49.4 Å². The summed E-state index contributed by atoms with van der Waals surface area (Å²) in [7, 11) is 0. The van der Waals surface area contributed by atoms with Crippen LogP contribution < -0.4 is 0 Å². The van der Waals surface area contributed by atoms with Crippen LogP contribution in [0.3, 0.4) is 0 Å². The van der Waals surface area contributed by atoms with Crippen molar-refractivity contribution < 1.29 is 0 Å². The van der Waals surface area contributed by atoms with Crippen LogP contribution in [-0.4, -0.2) is 13.7 Å². The van der Waals surface area contributed by atoms with Crippen LogP contribution in [0.25, 0.3) is 82.5 Å². The highest BCUT2D eigenvalue weighted by Crippen LogP contribution is 2.50. The highest BCUT2D eigenvalue weighted by atomic mass is 15.0. The van der Waals surface area contributed by atoms with Crippen LogP contribution in [0.1, 0.15) is 6.42 Å². The Bertz CT molecular complexity index is 2680. The zero-order valence-corrected chi connectivity index (χ0v) is 25.1. The number of hydrogen-bond acceptors (Lipinski definition) is 0. The van der Waals surface area contributed by atoms with Crippen LogP contribution in [0, 0.1) is 0 Å². The van der Waals surface area contributed by atoms with Gasteiger partial charge in [0.2, 0.25) is 0 Å². The van der Waals surface area contributed by atoms with E-state index >= 15 is 0 Å². The molecule has 0 N–H and O–H groups in total. The summed E-state index contributed by atoms with van der Waals surface area (Å²) in [6, 6.07) is 48.5. The van der Waals surface area contributed by atoms with Gasteiger partial charge < -0.3 is 13.7 Å². The average molecular weight is 588 g/mol. The van der Waals surface area contributed by atoms with E-state index in [1.54, 1.807) is 0 Å².